The Balaban J connectivity index is 2.33. The predicted molar refractivity (Wildman–Crippen MR) is 90.5 cm³/mol. The van der Waals surface area contributed by atoms with Gasteiger partial charge in [-0.1, -0.05) is 52.1 Å². The van der Waals surface area contributed by atoms with E-state index in [1.165, 1.54) is 0 Å². The second kappa shape index (κ2) is 7.11. The van der Waals surface area contributed by atoms with Gasteiger partial charge in [0.25, 0.3) is 0 Å². The van der Waals surface area contributed by atoms with Crippen LogP contribution in [0, 0.1) is 0 Å². The third-order valence-electron chi connectivity index (χ3n) is 3.44. The lowest BCUT2D eigenvalue weighted by molar-refractivity contribution is 0.528. The predicted octanol–water partition coefficient (Wildman–Crippen LogP) is 3.80. The Labute approximate surface area is 142 Å². The van der Waals surface area contributed by atoms with Gasteiger partial charge in [-0.25, -0.2) is 0 Å². The number of hydrogen-bond acceptors (Lipinski definition) is 3. The molecular formula is C14H17BrCl2N4. The molecule has 2 rings (SSSR count). The molecule has 1 unspecified atom stereocenters. The Bertz CT molecular complexity index is 642. The molecule has 21 heavy (non-hydrogen) atoms. The van der Waals surface area contributed by atoms with Crippen molar-refractivity contribution in [1.82, 2.24) is 15.2 Å². The Morgan fingerprint density at radius 2 is 2.14 bits per heavy atom. The molecule has 1 atom stereocenters. The zero-order valence-corrected chi connectivity index (χ0v) is 14.9. The molecule has 0 saturated carbocycles. The standard InChI is InChI=1S/C14H17BrCl2N4/c1-3-11-14(17)13(21(2)20-11)7-12(19-18)9-5-4-8(16)6-10(9)15/h4-6,12,19H,3,7,18H2,1-2H3. The average Bonchev–Trinajstić information content (AvgIpc) is 2.72. The van der Waals surface area contributed by atoms with Crippen LogP contribution in [0.2, 0.25) is 10.0 Å². The van der Waals surface area contributed by atoms with Crippen LogP contribution in [-0.2, 0) is 19.9 Å². The van der Waals surface area contributed by atoms with Crippen molar-refractivity contribution in [3.05, 3.63) is 49.7 Å². The minimum Gasteiger partial charge on any atom is -0.271 e. The van der Waals surface area contributed by atoms with Crippen LogP contribution in [-0.4, -0.2) is 9.78 Å². The summed E-state index contributed by atoms with van der Waals surface area (Å²) in [4.78, 5) is 0. The topological polar surface area (TPSA) is 55.9 Å². The van der Waals surface area contributed by atoms with Crippen LogP contribution in [0.3, 0.4) is 0 Å². The molecule has 0 amide bonds. The monoisotopic (exact) mass is 390 g/mol. The number of aryl methyl sites for hydroxylation is 2. The third-order valence-corrected chi connectivity index (χ3v) is 4.80. The highest BCUT2D eigenvalue weighted by Gasteiger charge is 2.20. The SMILES string of the molecule is CCc1nn(C)c(CC(NN)c2ccc(Cl)cc2Br)c1Cl. The number of hydrazine groups is 1. The van der Waals surface area contributed by atoms with Gasteiger partial charge in [0.2, 0.25) is 0 Å². The van der Waals surface area contributed by atoms with E-state index in [9.17, 15) is 0 Å². The van der Waals surface area contributed by atoms with Gasteiger partial charge in [-0.05, 0) is 24.1 Å². The van der Waals surface area contributed by atoms with Crippen molar-refractivity contribution in [2.75, 3.05) is 0 Å². The average molecular weight is 392 g/mol. The van der Waals surface area contributed by atoms with Crippen LogP contribution in [0.1, 0.15) is 29.9 Å². The molecule has 0 aliphatic heterocycles. The van der Waals surface area contributed by atoms with Crippen LogP contribution < -0.4 is 11.3 Å². The van der Waals surface area contributed by atoms with Crippen molar-refractivity contribution in [3.63, 3.8) is 0 Å². The minimum atomic E-state index is -0.0887. The lowest BCUT2D eigenvalue weighted by Gasteiger charge is -2.18. The summed E-state index contributed by atoms with van der Waals surface area (Å²) in [5.41, 5.74) is 5.72. The molecule has 0 bridgehead atoms. The van der Waals surface area contributed by atoms with Gasteiger partial charge in [0.05, 0.1) is 22.5 Å². The molecule has 4 nitrogen and oxygen atoms in total. The quantitative estimate of drug-likeness (QED) is 0.602. The Hall–Kier alpha value is -0.590. The first-order valence-corrected chi connectivity index (χ1v) is 8.14. The normalized spacial score (nSPS) is 12.7. The van der Waals surface area contributed by atoms with Crippen LogP contribution in [0.25, 0.3) is 0 Å². The van der Waals surface area contributed by atoms with Gasteiger partial charge in [-0.15, -0.1) is 0 Å². The van der Waals surface area contributed by atoms with Gasteiger partial charge in [0.15, 0.2) is 0 Å². The number of benzene rings is 1. The summed E-state index contributed by atoms with van der Waals surface area (Å²) in [7, 11) is 1.89. The van der Waals surface area contributed by atoms with E-state index in [0.717, 1.165) is 27.8 Å². The number of rotatable bonds is 5. The van der Waals surface area contributed by atoms with E-state index in [4.69, 9.17) is 29.0 Å². The second-order valence-electron chi connectivity index (χ2n) is 4.77. The van der Waals surface area contributed by atoms with Crippen LogP contribution in [0.15, 0.2) is 22.7 Å². The van der Waals surface area contributed by atoms with E-state index >= 15 is 0 Å². The van der Waals surface area contributed by atoms with E-state index in [-0.39, 0.29) is 6.04 Å². The number of nitrogens with zero attached hydrogens (tertiary/aromatic N) is 2. The molecule has 7 heteroatoms. The first-order valence-electron chi connectivity index (χ1n) is 6.59. The Morgan fingerprint density at radius 3 is 2.67 bits per heavy atom. The van der Waals surface area contributed by atoms with Gasteiger partial charge in [0.1, 0.15) is 0 Å². The van der Waals surface area contributed by atoms with Crippen molar-refractivity contribution in [2.24, 2.45) is 12.9 Å². The summed E-state index contributed by atoms with van der Waals surface area (Å²) >= 11 is 15.9. The maximum atomic E-state index is 6.40. The van der Waals surface area contributed by atoms with Gasteiger partial charge < -0.3 is 0 Å². The van der Waals surface area contributed by atoms with Crippen LogP contribution in [0.5, 0.6) is 0 Å². The highest BCUT2D eigenvalue weighted by Crippen LogP contribution is 2.31. The zero-order chi connectivity index (χ0) is 15.6. The molecule has 114 valence electrons. The molecule has 1 aromatic heterocycles. The molecular weight excluding hydrogens is 375 g/mol. The van der Waals surface area contributed by atoms with E-state index in [0.29, 0.717) is 16.5 Å². The van der Waals surface area contributed by atoms with Crippen LogP contribution in [0.4, 0.5) is 0 Å². The maximum Gasteiger partial charge on any atom is 0.0850 e. The highest BCUT2D eigenvalue weighted by molar-refractivity contribution is 9.10. The van der Waals surface area contributed by atoms with E-state index < -0.39 is 0 Å². The van der Waals surface area contributed by atoms with Crippen molar-refractivity contribution >= 4 is 39.1 Å². The van der Waals surface area contributed by atoms with Gasteiger partial charge in [-0.3, -0.25) is 16.0 Å². The zero-order valence-electron chi connectivity index (χ0n) is 11.8. The molecule has 0 saturated heterocycles. The number of aromatic nitrogens is 2. The van der Waals surface area contributed by atoms with E-state index in [2.05, 4.69) is 26.5 Å². The van der Waals surface area contributed by atoms with Crippen molar-refractivity contribution < 1.29 is 0 Å². The van der Waals surface area contributed by atoms with Crippen molar-refractivity contribution in [1.29, 1.82) is 0 Å². The van der Waals surface area contributed by atoms with Crippen LogP contribution >= 0.6 is 39.1 Å². The number of hydrogen-bond donors (Lipinski definition) is 2. The van der Waals surface area contributed by atoms with Gasteiger partial charge in [-0.2, -0.15) is 5.10 Å². The Kier molecular flexibility index (Phi) is 5.68. The van der Waals surface area contributed by atoms with E-state index in [1.54, 1.807) is 0 Å². The lowest BCUT2D eigenvalue weighted by atomic mass is 10.0. The summed E-state index contributed by atoms with van der Waals surface area (Å²) in [6, 6.07) is 5.55. The fourth-order valence-corrected chi connectivity index (χ4v) is 3.61. The van der Waals surface area contributed by atoms with Gasteiger partial charge >= 0.3 is 0 Å². The van der Waals surface area contributed by atoms with Crippen molar-refractivity contribution in [2.45, 2.75) is 25.8 Å². The fraction of sp³-hybridized carbons (Fsp3) is 0.357. The molecule has 1 aromatic carbocycles. The summed E-state index contributed by atoms with van der Waals surface area (Å²) in [5, 5.41) is 5.82. The third kappa shape index (κ3) is 3.60. The first-order chi connectivity index (χ1) is 9.97. The number of nitrogens with two attached hydrogens (primary N) is 1. The molecule has 0 spiro atoms. The Morgan fingerprint density at radius 1 is 1.43 bits per heavy atom. The lowest BCUT2D eigenvalue weighted by Crippen LogP contribution is -2.30. The maximum absolute atomic E-state index is 6.40. The minimum absolute atomic E-state index is 0.0887. The fourth-order valence-electron chi connectivity index (χ4n) is 2.28. The summed E-state index contributed by atoms with van der Waals surface area (Å²) in [5.74, 6) is 5.72. The summed E-state index contributed by atoms with van der Waals surface area (Å²) in [6.07, 6.45) is 1.44. The number of halogens is 3. The number of nitrogens with one attached hydrogen (secondary N) is 1. The first kappa shape index (κ1) is 16.8. The van der Waals surface area contributed by atoms with Gasteiger partial charge in [0, 0.05) is 23.0 Å². The second-order valence-corrected chi connectivity index (χ2v) is 6.44. The van der Waals surface area contributed by atoms with Crippen molar-refractivity contribution in [3.8, 4) is 0 Å². The molecule has 0 fully saturated rings. The molecule has 0 aliphatic carbocycles. The highest BCUT2D eigenvalue weighted by atomic mass is 79.9. The molecule has 1 heterocycles. The van der Waals surface area contributed by atoms with E-state index in [1.807, 2.05) is 36.9 Å². The largest absolute Gasteiger partial charge is 0.271 e. The summed E-state index contributed by atoms with van der Waals surface area (Å²) < 4.78 is 2.72. The molecule has 3 N–H and O–H groups in total. The molecule has 2 aromatic rings. The summed E-state index contributed by atoms with van der Waals surface area (Å²) in [6.45, 7) is 2.03. The molecule has 0 aliphatic rings. The molecule has 0 radical (unpaired) electrons. The smallest absolute Gasteiger partial charge is 0.0850 e.